The van der Waals surface area contributed by atoms with E-state index in [4.69, 9.17) is 0 Å². The van der Waals surface area contributed by atoms with Crippen LogP contribution in [-0.4, -0.2) is 21.4 Å². The Morgan fingerprint density at radius 1 is 1.22 bits per heavy atom. The number of aromatic amines is 1. The molecule has 5 heteroatoms. The number of likely N-dealkylation sites (tertiary alicyclic amines) is 1. The Morgan fingerprint density at radius 3 is 3.00 bits per heavy atom. The normalized spacial score (nSPS) is 18.8. The molecule has 1 N–H and O–H groups in total. The average Bonchev–Trinajstić information content (AvgIpc) is 3.17. The number of halogens is 2. The fraction of sp³-hybridized carbons (Fsp3) is 0.278. The maximum absolute atomic E-state index is 13.9. The monoisotopic (exact) mass is 313 g/mol. The zero-order valence-electron chi connectivity index (χ0n) is 12.6. The first kappa shape index (κ1) is 14.3. The van der Waals surface area contributed by atoms with Crippen molar-refractivity contribution in [1.82, 2.24) is 14.9 Å². The smallest absolute Gasteiger partial charge is 0.163 e. The van der Waals surface area contributed by atoms with E-state index in [1.165, 1.54) is 0 Å². The van der Waals surface area contributed by atoms with Crippen LogP contribution in [0.2, 0.25) is 0 Å². The molecular formula is C18H17F2N3. The fourth-order valence-electron chi connectivity index (χ4n) is 3.42. The molecule has 0 aliphatic carbocycles. The predicted molar refractivity (Wildman–Crippen MR) is 84.8 cm³/mol. The van der Waals surface area contributed by atoms with Crippen LogP contribution in [0.15, 0.2) is 42.6 Å². The molecule has 3 nitrogen and oxygen atoms in total. The van der Waals surface area contributed by atoms with E-state index in [9.17, 15) is 8.78 Å². The van der Waals surface area contributed by atoms with Gasteiger partial charge in [0.05, 0.1) is 6.04 Å². The second-order valence-electron chi connectivity index (χ2n) is 6.01. The van der Waals surface area contributed by atoms with Gasteiger partial charge in [-0.25, -0.2) is 13.8 Å². The summed E-state index contributed by atoms with van der Waals surface area (Å²) in [6, 6.07) is 10.6. The Labute approximate surface area is 133 Å². The lowest BCUT2D eigenvalue weighted by Crippen LogP contribution is -2.23. The molecule has 23 heavy (non-hydrogen) atoms. The number of hydrogen-bond acceptors (Lipinski definition) is 2. The summed E-state index contributed by atoms with van der Waals surface area (Å²) in [5.41, 5.74) is 2.37. The van der Waals surface area contributed by atoms with E-state index < -0.39 is 11.6 Å². The lowest BCUT2D eigenvalue weighted by atomic mass is 10.1. The topological polar surface area (TPSA) is 31.9 Å². The van der Waals surface area contributed by atoms with Crippen molar-refractivity contribution in [2.75, 3.05) is 6.54 Å². The highest BCUT2D eigenvalue weighted by Crippen LogP contribution is 2.34. The van der Waals surface area contributed by atoms with Gasteiger partial charge >= 0.3 is 0 Å². The Kier molecular flexibility index (Phi) is 3.58. The van der Waals surface area contributed by atoms with Crippen molar-refractivity contribution in [3.63, 3.8) is 0 Å². The fourth-order valence-corrected chi connectivity index (χ4v) is 3.42. The number of pyridine rings is 1. The number of rotatable bonds is 3. The average molecular weight is 313 g/mol. The van der Waals surface area contributed by atoms with Gasteiger partial charge < -0.3 is 4.98 Å². The van der Waals surface area contributed by atoms with Crippen LogP contribution < -0.4 is 0 Å². The highest BCUT2D eigenvalue weighted by molar-refractivity contribution is 5.76. The number of nitrogens with zero attached hydrogens (tertiary/aromatic N) is 2. The van der Waals surface area contributed by atoms with Crippen LogP contribution in [0, 0.1) is 11.6 Å². The van der Waals surface area contributed by atoms with Crippen molar-refractivity contribution < 1.29 is 8.78 Å². The molecule has 3 heterocycles. The van der Waals surface area contributed by atoms with E-state index in [0.717, 1.165) is 42.2 Å². The molecule has 1 saturated heterocycles. The van der Waals surface area contributed by atoms with Gasteiger partial charge in [-0.15, -0.1) is 0 Å². The second kappa shape index (κ2) is 5.74. The molecule has 0 saturated carbocycles. The molecule has 0 spiro atoms. The largest absolute Gasteiger partial charge is 0.342 e. The molecular weight excluding hydrogens is 296 g/mol. The van der Waals surface area contributed by atoms with E-state index in [2.05, 4.69) is 20.9 Å². The molecule has 3 aromatic rings. The van der Waals surface area contributed by atoms with E-state index in [1.54, 1.807) is 18.3 Å². The van der Waals surface area contributed by atoms with E-state index in [0.29, 0.717) is 12.1 Å². The predicted octanol–water partition coefficient (Wildman–Crippen LogP) is 4.18. The van der Waals surface area contributed by atoms with Crippen LogP contribution in [0.1, 0.15) is 30.1 Å². The lowest BCUT2D eigenvalue weighted by molar-refractivity contribution is 0.241. The molecule has 0 bridgehead atoms. The number of fused-ring (bicyclic) bond motifs is 1. The van der Waals surface area contributed by atoms with Crippen LogP contribution in [0.5, 0.6) is 0 Å². The third kappa shape index (κ3) is 2.61. The van der Waals surface area contributed by atoms with Crippen molar-refractivity contribution in [3.8, 4) is 0 Å². The summed E-state index contributed by atoms with van der Waals surface area (Å²) in [6.07, 6.45) is 3.81. The van der Waals surface area contributed by atoms with Crippen LogP contribution in [-0.2, 0) is 6.54 Å². The van der Waals surface area contributed by atoms with E-state index in [-0.39, 0.29) is 6.04 Å². The molecule has 0 unspecified atom stereocenters. The van der Waals surface area contributed by atoms with Crippen molar-refractivity contribution in [1.29, 1.82) is 0 Å². The van der Waals surface area contributed by atoms with Crippen LogP contribution in [0.3, 0.4) is 0 Å². The first-order chi connectivity index (χ1) is 11.2. The second-order valence-corrected chi connectivity index (χ2v) is 6.01. The van der Waals surface area contributed by atoms with Crippen LogP contribution in [0.4, 0.5) is 8.78 Å². The van der Waals surface area contributed by atoms with Gasteiger partial charge in [-0.2, -0.15) is 0 Å². The lowest BCUT2D eigenvalue weighted by Gasteiger charge is -2.24. The third-order valence-corrected chi connectivity index (χ3v) is 4.54. The summed E-state index contributed by atoms with van der Waals surface area (Å²) in [4.78, 5) is 9.88. The Hall–Kier alpha value is -2.27. The van der Waals surface area contributed by atoms with Gasteiger partial charge in [0.25, 0.3) is 0 Å². The number of aromatic nitrogens is 2. The zero-order valence-corrected chi connectivity index (χ0v) is 12.6. The van der Waals surface area contributed by atoms with Gasteiger partial charge in [-0.3, -0.25) is 4.90 Å². The number of hydrogen-bond donors (Lipinski definition) is 1. The molecule has 118 valence electrons. The molecule has 4 rings (SSSR count). The molecule has 1 atom stereocenters. The van der Waals surface area contributed by atoms with Gasteiger partial charge in [0.2, 0.25) is 0 Å². The maximum Gasteiger partial charge on any atom is 0.163 e. The van der Waals surface area contributed by atoms with Crippen LogP contribution in [0.25, 0.3) is 11.0 Å². The summed E-state index contributed by atoms with van der Waals surface area (Å²) >= 11 is 0. The minimum absolute atomic E-state index is 0.187. The molecule has 1 aliphatic heterocycles. The van der Waals surface area contributed by atoms with Gasteiger partial charge in [0.15, 0.2) is 11.6 Å². The van der Waals surface area contributed by atoms with E-state index >= 15 is 0 Å². The van der Waals surface area contributed by atoms with Gasteiger partial charge in [0.1, 0.15) is 5.65 Å². The zero-order chi connectivity index (χ0) is 15.8. The standard InChI is InChI=1S/C18H17F2N3/c19-14-6-1-4-13(17(14)20)11-23-9-3-7-16(23)15-10-12-5-2-8-21-18(12)22-15/h1-2,4-6,8,10,16H,3,7,9,11H2,(H,21,22)/t16-/m1/s1. The molecule has 1 fully saturated rings. The first-order valence-corrected chi connectivity index (χ1v) is 7.83. The summed E-state index contributed by atoms with van der Waals surface area (Å²) < 4.78 is 27.3. The molecule has 2 aromatic heterocycles. The highest BCUT2D eigenvalue weighted by atomic mass is 19.2. The summed E-state index contributed by atoms with van der Waals surface area (Å²) in [6.45, 7) is 1.29. The SMILES string of the molecule is Fc1cccc(CN2CCC[C@@H]2c2cc3cccnc3[nH]2)c1F. The van der Waals surface area contributed by atoms with Gasteiger partial charge in [-0.05, 0) is 43.7 Å². The number of nitrogens with one attached hydrogen (secondary N) is 1. The summed E-state index contributed by atoms with van der Waals surface area (Å²) in [7, 11) is 0. The number of benzene rings is 1. The molecule has 1 aromatic carbocycles. The first-order valence-electron chi connectivity index (χ1n) is 7.83. The molecule has 0 amide bonds. The van der Waals surface area contributed by atoms with Gasteiger partial charge in [-0.1, -0.05) is 12.1 Å². The minimum Gasteiger partial charge on any atom is -0.342 e. The van der Waals surface area contributed by atoms with Crippen LogP contribution >= 0.6 is 0 Å². The summed E-state index contributed by atoms with van der Waals surface area (Å²) in [5, 5.41) is 1.08. The molecule has 0 radical (unpaired) electrons. The minimum atomic E-state index is -0.784. The number of H-pyrrole nitrogens is 1. The Morgan fingerprint density at radius 2 is 2.13 bits per heavy atom. The maximum atomic E-state index is 13.9. The van der Waals surface area contributed by atoms with Crippen molar-refractivity contribution in [2.45, 2.75) is 25.4 Å². The van der Waals surface area contributed by atoms with Gasteiger partial charge in [0, 0.05) is 29.4 Å². The Bertz CT molecular complexity index is 810. The Balaban J connectivity index is 1.62. The molecule has 1 aliphatic rings. The summed E-state index contributed by atoms with van der Waals surface area (Å²) in [5.74, 6) is -1.52. The third-order valence-electron chi connectivity index (χ3n) is 4.54. The highest BCUT2D eigenvalue weighted by Gasteiger charge is 2.28. The quantitative estimate of drug-likeness (QED) is 0.786. The van der Waals surface area contributed by atoms with Crippen molar-refractivity contribution >= 4 is 11.0 Å². The van der Waals surface area contributed by atoms with E-state index in [1.807, 2.05) is 12.1 Å². The van der Waals surface area contributed by atoms with Crippen molar-refractivity contribution in [3.05, 3.63) is 65.5 Å². The van der Waals surface area contributed by atoms with Crippen molar-refractivity contribution in [2.24, 2.45) is 0 Å².